The standard InChI is InChI=1S/C11H21N5O2S/c1-9(2)6-16(5-4-10(12)13)19(17,18)11-7-15(3)8-14-11/h7-9H,4-6H2,1-3H3,(H3,12,13). The summed E-state index contributed by atoms with van der Waals surface area (Å²) in [6.45, 7) is 4.46. The first-order valence-corrected chi connectivity index (χ1v) is 7.48. The molecule has 1 rings (SSSR count). The predicted molar refractivity (Wildman–Crippen MR) is 73.3 cm³/mol. The number of nitrogens with zero attached hydrogens (tertiary/aromatic N) is 3. The zero-order valence-corrected chi connectivity index (χ0v) is 12.3. The fourth-order valence-corrected chi connectivity index (χ4v) is 3.19. The van der Waals surface area contributed by atoms with Gasteiger partial charge in [-0.25, -0.2) is 13.4 Å². The molecule has 0 aliphatic rings. The van der Waals surface area contributed by atoms with Gasteiger partial charge in [0.2, 0.25) is 0 Å². The molecule has 3 N–H and O–H groups in total. The van der Waals surface area contributed by atoms with E-state index in [9.17, 15) is 8.42 Å². The maximum absolute atomic E-state index is 12.4. The first-order chi connectivity index (χ1) is 8.73. The zero-order chi connectivity index (χ0) is 14.6. The number of hydrogen-bond donors (Lipinski definition) is 2. The van der Waals surface area contributed by atoms with Crippen LogP contribution in [0.1, 0.15) is 20.3 Å². The minimum atomic E-state index is -3.62. The van der Waals surface area contributed by atoms with E-state index >= 15 is 0 Å². The van der Waals surface area contributed by atoms with Gasteiger partial charge in [-0.05, 0) is 5.92 Å². The van der Waals surface area contributed by atoms with Crippen molar-refractivity contribution < 1.29 is 8.42 Å². The molecule has 0 amide bonds. The van der Waals surface area contributed by atoms with Crippen molar-refractivity contribution in [1.29, 1.82) is 5.41 Å². The first kappa shape index (κ1) is 15.6. The molecule has 8 heteroatoms. The van der Waals surface area contributed by atoms with Crippen molar-refractivity contribution in [2.24, 2.45) is 18.7 Å². The van der Waals surface area contributed by atoms with Crippen molar-refractivity contribution in [2.75, 3.05) is 13.1 Å². The van der Waals surface area contributed by atoms with E-state index in [1.54, 1.807) is 11.6 Å². The molecule has 0 spiro atoms. The Morgan fingerprint density at radius 1 is 1.58 bits per heavy atom. The van der Waals surface area contributed by atoms with Gasteiger partial charge in [0.1, 0.15) is 0 Å². The summed E-state index contributed by atoms with van der Waals surface area (Å²) in [6, 6.07) is 0. The second-order valence-electron chi connectivity index (χ2n) is 4.91. The van der Waals surface area contributed by atoms with E-state index < -0.39 is 10.0 Å². The highest BCUT2D eigenvalue weighted by Gasteiger charge is 2.27. The molecule has 0 saturated heterocycles. The van der Waals surface area contributed by atoms with E-state index in [0.717, 1.165) is 0 Å². The average Bonchev–Trinajstić information content (AvgIpc) is 2.70. The third-order valence-corrected chi connectivity index (χ3v) is 4.24. The largest absolute Gasteiger partial charge is 0.388 e. The lowest BCUT2D eigenvalue weighted by Gasteiger charge is -2.22. The Hall–Kier alpha value is -1.41. The molecule has 1 heterocycles. The number of rotatable bonds is 7. The van der Waals surface area contributed by atoms with Crippen LogP contribution in [0.3, 0.4) is 0 Å². The van der Waals surface area contributed by atoms with Gasteiger partial charge in [0.15, 0.2) is 5.03 Å². The number of aromatic nitrogens is 2. The van der Waals surface area contributed by atoms with Crippen molar-refractivity contribution in [3.8, 4) is 0 Å². The molecule has 0 unspecified atom stereocenters. The fraction of sp³-hybridized carbons (Fsp3) is 0.636. The first-order valence-electron chi connectivity index (χ1n) is 6.04. The predicted octanol–water partition coefficient (Wildman–Crippen LogP) is 0.393. The number of amidine groups is 1. The van der Waals surface area contributed by atoms with Crippen LogP contribution in [0.2, 0.25) is 0 Å². The Morgan fingerprint density at radius 3 is 2.63 bits per heavy atom. The molecule has 1 aromatic rings. The van der Waals surface area contributed by atoms with Gasteiger partial charge in [-0.3, -0.25) is 5.41 Å². The smallest absolute Gasteiger partial charge is 0.262 e. The van der Waals surface area contributed by atoms with Gasteiger partial charge in [0.25, 0.3) is 10.0 Å². The summed E-state index contributed by atoms with van der Waals surface area (Å²) in [5.74, 6) is 0.162. The van der Waals surface area contributed by atoms with Crippen LogP contribution in [0, 0.1) is 11.3 Å². The molecule has 0 atom stereocenters. The van der Waals surface area contributed by atoms with E-state index in [4.69, 9.17) is 11.1 Å². The Morgan fingerprint density at radius 2 is 2.21 bits per heavy atom. The molecular formula is C11H21N5O2S. The minimum absolute atomic E-state index is 0.0232. The van der Waals surface area contributed by atoms with Gasteiger partial charge in [-0.1, -0.05) is 13.8 Å². The molecule has 0 aliphatic heterocycles. The van der Waals surface area contributed by atoms with E-state index in [1.807, 2.05) is 13.8 Å². The Balaban J connectivity index is 2.98. The Kier molecular flexibility index (Phi) is 5.07. The van der Waals surface area contributed by atoms with Gasteiger partial charge in [-0.15, -0.1) is 0 Å². The summed E-state index contributed by atoms with van der Waals surface area (Å²) in [7, 11) is -1.91. The van der Waals surface area contributed by atoms with Crippen LogP contribution in [-0.2, 0) is 17.1 Å². The van der Waals surface area contributed by atoms with Crippen LogP contribution >= 0.6 is 0 Å². The van der Waals surface area contributed by atoms with Crippen molar-refractivity contribution in [3.63, 3.8) is 0 Å². The lowest BCUT2D eigenvalue weighted by atomic mass is 10.2. The molecule has 108 valence electrons. The van der Waals surface area contributed by atoms with E-state index in [2.05, 4.69) is 4.98 Å². The molecule has 0 aromatic carbocycles. The maximum atomic E-state index is 12.4. The summed E-state index contributed by atoms with van der Waals surface area (Å²) in [5.41, 5.74) is 5.30. The van der Waals surface area contributed by atoms with E-state index in [0.29, 0.717) is 6.54 Å². The highest BCUT2D eigenvalue weighted by molar-refractivity contribution is 7.89. The van der Waals surface area contributed by atoms with Crippen LogP contribution in [0.25, 0.3) is 0 Å². The molecule has 0 radical (unpaired) electrons. The van der Waals surface area contributed by atoms with E-state index in [-0.39, 0.29) is 29.7 Å². The average molecular weight is 287 g/mol. The molecular weight excluding hydrogens is 266 g/mol. The van der Waals surface area contributed by atoms with Crippen molar-refractivity contribution in [1.82, 2.24) is 13.9 Å². The normalized spacial score (nSPS) is 12.3. The highest BCUT2D eigenvalue weighted by atomic mass is 32.2. The van der Waals surface area contributed by atoms with Crippen molar-refractivity contribution in [3.05, 3.63) is 12.5 Å². The van der Waals surface area contributed by atoms with Crippen LogP contribution in [0.15, 0.2) is 17.6 Å². The topological polar surface area (TPSA) is 105 Å². The summed E-state index contributed by atoms with van der Waals surface area (Å²) >= 11 is 0. The third kappa shape index (κ3) is 4.32. The number of nitrogens with one attached hydrogen (secondary N) is 1. The summed E-state index contributed by atoms with van der Waals surface area (Å²) in [4.78, 5) is 3.89. The SMILES string of the molecule is CC(C)CN(CCC(=N)N)S(=O)(=O)c1cn(C)cn1. The molecule has 0 aliphatic carbocycles. The van der Waals surface area contributed by atoms with Gasteiger partial charge in [0.05, 0.1) is 12.2 Å². The monoisotopic (exact) mass is 287 g/mol. The Labute approximate surface area is 114 Å². The number of sulfonamides is 1. The second-order valence-corrected chi connectivity index (χ2v) is 6.79. The van der Waals surface area contributed by atoms with Crippen molar-refractivity contribution >= 4 is 15.9 Å². The summed E-state index contributed by atoms with van der Waals surface area (Å²) in [5, 5.41) is 7.25. The van der Waals surface area contributed by atoms with Crippen LogP contribution < -0.4 is 5.73 Å². The van der Waals surface area contributed by atoms with Crippen LogP contribution in [-0.4, -0.2) is 41.2 Å². The molecule has 19 heavy (non-hydrogen) atoms. The zero-order valence-electron chi connectivity index (χ0n) is 11.5. The van der Waals surface area contributed by atoms with E-state index in [1.165, 1.54) is 16.8 Å². The van der Waals surface area contributed by atoms with Gasteiger partial charge in [-0.2, -0.15) is 4.31 Å². The van der Waals surface area contributed by atoms with Crippen LogP contribution in [0.4, 0.5) is 0 Å². The van der Waals surface area contributed by atoms with Gasteiger partial charge < -0.3 is 10.3 Å². The molecule has 0 saturated carbocycles. The molecule has 7 nitrogen and oxygen atoms in total. The maximum Gasteiger partial charge on any atom is 0.262 e. The van der Waals surface area contributed by atoms with Gasteiger partial charge >= 0.3 is 0 Å². The number of nitrogens with two attached hydrogens (primary N) is 1. The molecule has 0 bridgehead atoms. The quantitative estimate of drug-likeness (QED) is 0.559. The Bertz CT molecular complexity index is 535. The second kappa shape index (κ2) is 6.16. The lowest BCUT2D eigenvalue weighted by molar-refractivity contribution is 0.373. The molecule has 0 fully saturated rings. The number of imidazole rings is 1. The fourth-order valence-electron chi connectivity index (χ4n) is 1.62. The number of aryl methyl sites for hydroxylation is 1. The third-order valence-electron chi connectivity index (χ3n) is 2.48. The minimum Gasteiger partial charge on any atom is -0.388 e. The lowest BCUT2D eigenvalue weighted by Crippen LogP contribution is -2.36. The summed E-state index contributed by atoms with van der Waals surface area (Å²) in [6.07, 6.45) is 3.14. The van der Waals surface area contributed by atoms with Gasteiger partial charge in [0, 0.05) is 32.8 Å². The van der Waals surface area contributed by atoms with Crippen molar-refractivity contribution in [2.45, 2.75) is 25.3 Å². The number of hydrogen-bond acceptors (Lipinski definition) is 4. The molecule has 1 aromatic heterocycles. The highest BCUT2D eigenvalue weighted by Crippen LogP contribution is 2.15. The van der Waals surface area contributed by atoms with Crippen LogP contribution in [0.5, 0.6) is 0 Å². The summed E-state index contributed by atoms with van der Waals surface area (Å²) < 4.78 is 27.8.